The number of carbonyl (C=O) groups is 2. The van der Waals surface area contributed by atoms with Gasteiger partial charge in [0.2, 0.25) is 5.91 Å². The number of nitrogens with zero attached hydrogens (tertiary/aromatic N) is 1. The van der Waals surface area contributed by atoms with Crippen molar-refractivity contribution in [2.24, 2.45) is 0 Å². The molecule has 3 rings (SSSR count). The first-order valence-corrected chi connectivity index (χ1v) is 21.0. The number of aliphatic hydroxyl groups is 5. The summed E-state index contributed by atoms with van der Waals surface area (Å²) in [6.07, 6.45) is -5.37. The van der Waals surface area contributed by atoms with Gasteiger partial charge in [-0.3, -0.25) is 33.0 Å². The van der Waals surface area contributed by atoms with Gasteiger partial charge in [0.15, 0.2) is 18.6 Å². The second-order valence-corrected chi connectivity index (χ2v) is 16.4. The normalized spacial score (nSPS) is 29.6. The van der Waals surface area contributed by atoms with Crippen molar-refractivity contribution in [1.82, 2.24) is 14.9 Å². The Labute approximate surface area is 315 Å². The van der Waals surface area contributed by atoms with Gasteiger partial charge in [-0.05, 0) is 6.42 Å². The molecule has 9 N–H and O–H groups in total. The molecular formula is C31H53N3O19P2. The van der Waals surface area contributed by atoms with Crippen LogP contribution in [-0.2, 0) is 46.3 Å². The first kappa shape index (κ1) is 47.0. The Hall–Kier alpha value is -2.40. The second kappa shape index (κ2) is 21.9. The summed E-state index contributed by atoms with van der Waals surface area (Å²) in [5.41, 5.74) is -1.78. The van der Waals surface area contributed by atoms with Crippen molar-refractivity contribution >= 4 is 27.5 Å². The maximum atomic E-state index is 13.0. The zero-order chi connectivity index (χ0) is 40.9. The molecule has 3 unspecified atom stereocenters. The summed E-state index contributed by atoms with van der Waals surface area (Å²) in [4.78, 5) is 71.0. The lowest BCUT2D eigenvalue weighted by molar-refractivity contribution is -0.253. The van der Waals surface area contributed by atoms with Crippen LogP contribution < -0.4 is 16.6 Å². The van der Waals surface area contributed by atoms with Crippen molar-refractivity contribution in [3.63, 3.8) is 0 Å². The highest BCUT2D eigenvalue weighted by molar-refractivity contribution is 7.61. The molecule has 2 aliphatic rings. The van der Waals surface area contributed by atoms with Crippen LogP contribution in [0.3, 0.4) is 0 Å². The Morgan fingerprint density at radius 1 is 0.945 bits per heavy atom. The van der Waals surface area contributed by atoms with E-state index in [0.717, 1.165) is 49.4 Å². The van der Waals surface area contributed by atoms with Crippen LogP contribution >= 0.6 is 15.6 Å². The summed E-state index contributed by atoms with van der Waals surface area (Å²) < 4.78 is 56.3. The Morgan fingerprint density at radius 3 is 2.18 bits per heavy atom. The average Bonchev–Trinajstić information content (AvgIpc) is 3.37. The standard InChI is InChI=1S/C31H53N3O19P2/c1-3-4-5-6-7-8-9-10-11-12-19(37)15-23(39)51-28-24(32-18(2)36)30(50-20(16-35)26(28)41)52-55(46,47)53-54(44,45)48-17-21-25(40)27(42)29(49-21)34-14-13-22(38)33-31(34)43/h13-14,19-21,24-30,35,37,40-42H,3-12,15-17H2,1-2H3,(H,32,36)(H,44,45)(H,46,47)(H,33,38,43)/t19?,20-,21-,24-,25-,26-,27-,28-,29-,30-/m1/s1. The van der Waals surface area contributed by atoms with Crippen LogP contribution in [0.25, 0.3) is 0 Å². The third kappa shape index (κ3) is 14.8. The highest BCUT2D eigenvalue weighted by Gasteiger charge is 2.52. The highest BCUT2D eigenvalue weighted by atomic mass is 31.3. The van der Waals surface area contributed by atoms with E-state index in [-0.39, 0.29) is 6.42 Å². The molecule has 0 aliphatic carbocycles. The largest absolute Gasteiger partial charge is 0.483 e. The number of aromatic amines is 1. The lowest BCUT2D eigenvalue weighted by Gasteiger charge is -2.43. The fraction of sp³-hybridized carbons (Fsp3) is 0.806. The summed E-state index contributed by atoms with van der Waals surface area (Å²) in [7, 11) is -11.4. The number of hydrogen-bond donors (Lipinski definition) is 9. The van der Waals surface area contributed by atoms with Crippen molar-refractivity contribution in [2.45, 2.75) is 146 Å². The van der Waals surface area contributed by atoms with Crippen LogP contribution in [0.15, 0.2) is 21.9 Å². The fourth-order valence-corrected chi connectivity index (χ4v) is 8.23. The number of phosphoric acid groups is 2. The Bertz CT molecular complexity index is 1590. The number of H-pyrrole nitrogens is 1. The molecule has 0 spiro atoms. The number of aromatic nitrogens is 2. The van der Waals surface area contributed by atoms with Gasteiger partial charge >= 0.3 is 27.3 Å². The maximum absolute atomic E-state index is 13.0. The average molecular weight is 834 g/mol. The van der Waals surface area contributed by atoms with Crippen LogP contribution in [-0.4, -0.2) is 125 Å². The molecule has 2 aliphatic heterocycles. The zero-order valence-corrected chi connectivity index (χ0v) is 32.3. The lowest BCUT2D eigenvalue weighted by Crippen LogP contribution is -2.65. The second-order valence-electron chi connectivity index (χ2n) is 13.4. The monoisotopic (exact) mass is 833 g/mol. The summed E-state index contributed by atoms with van der Waals surface area (Å²) in [6, 6.07) is -0.858. The quantitative estimate of drug-likeness (QED) is 0.0384. The number of carbonyl (C=O) groups excluding carboxylic acids is 2. The molecule has 1 aromatic rings. The van der Waals surface area contributed by atoms with Gasteiger partial charge in [-0.25, -0.2) is 13.9 Å². The van der Waals surface area contributed by atoms with Crippen LogP contribution in [0.4, 0.5) is 0 Å². The first-order chi connectivity index (χ1) is 25.9. The predicted molar refractivity (Wildman–Crippen MR) is 187 cm³/mol. The summed E-state index contributed by atoms with van der Waals surface area (Å²) in [5, 5.41) is 54.0. The number of unbranched alkanes of at least 4 members (excludes halogenated alkanes) is 8. The number of hydrogen-bond acceptors (Lipinski definition) is 17. The van der Waals surface area contributed by atoms with Crippen LogP contribution in [0.1, 0.15) is 90.7 Å². The van der Waals surface area contributed by atoms with Crippen LogP contribution in [0, 0.1) is 0 Å². The minimum absolute atomic E-state index is 0.276. The predicted octanol–water partition coefficient (Wildman–Crippen LogP) is -0.427. The van der Waals surface area contributed by atoms with E-state index in [1.165, 1.54) is 25.7 Å². The van der Waals surface area contributed by atoms with E-state index < -0.39 is 120 Å². The Balaban J connectivity index is 1.60. The number of aliphatic hydroxyl groups excluding tert-OH is 5. The summed E-state index contributed by atoms with van der Waals surface area (Å²) in [5.74, 6) is -1.88. The molecule has 3 heterocycles. The molecular weight excluding hydrogens is 780 g/mol. The number of rotatable bonds is 23. The van der Waals surface area contributed by atoms with Gasteiger partial charge in [-0.2, -0.15) is 4.31 Å². The van der Waals surface area contributed by atoms with E-state index in [9.17, 15) is 63.6 Å². The topological polar surface area (TPSA) is 332 Å². The van der Waals surface area contributed by atoms with Crippen LogP contribution in [0.5, 0.6) is 0 Å². The van der Waals surface area contributed by atoms with E-state index in [0.29, 0.717) is 6.42 Å². The van der Waals surface area contributed by atoms with Crippen molar-refractivity contribution in [3.8, 4) is 0 Å². The molecule has 55 heavy (non-hydrogen) atoms. The van der Waals surface area contributed by atoms with E-state index in [2.05, 4.69) is 21.1 Å². The fourth-order valence-electron chi connectivity index (χ4n) is 6.07. The maximum Gasteiger partial charge on any atom is 0.483 e. The van der Waals surface area contributed by atoms with E-state index >= 15 is 0 Å². The molecule has 2 saturated heterocycles. The van der Waals surface area contributed by atoms with Gasteiger partial charge in [0.25, 0.3) is 5.56 Å². The molecule has 24 heteroatoms. The Kier molecular flexibility index (Phi) is 18.7. The first-order valence-electron chi connectivity index (χ1n) is 18.0. The molecule has 22 nitrogen and oxygen atoms in total. The lowest BCUT2D eigenvalue weighted by atomic mass is 9.96. The molecule has 12 atom stereocenters. The van der Waals surface area contributed by atoms with Crippen molar-refractivity contribution in [2.75, 3.05) is 13.2 Å². The number of ether oxygens (including phenoxy) is 3. The van der Waals surface area contributed by atoms with Gasteiger partial charge in [0.05, 0.1) is 25.7 Å². The molecule has 1 amide bonds. The number of esters is 1. The van der Waals surface area contributed by atoms with E-state index in [1.54, 1.807) is 0 Å². The third-order valence-electron chi connectivity index (χ3n) is 8.84. The van der Waals surface area contributed by atoms with Gasteiger partial charge in [-0.1, -0.05) is 64.7 Å². The third-order valence-corrected chi connectivity index (χ3v) is 11.4. The molecule has 0 radical (unpaired) electrons. The molecule has 0 saturated carbocycles. The minimum Gasteiger partial charge on any atom is -0.457 e. The van der Waals surface area contributed by atoms with Crippen LogP contribution in [0.2, 0.25) is 0 Å². The molecule has 316 valence electrons. The Morgan fingerprint density at radius 2 is 1.58 bits per heavy atom. The van der Waals surface area contributed by atoms with Gasteiger partial charge in [0, 0.05) is 19.2 Å². The molecule has 2 fully saturated rings. The van der Waals surface area contributed by atoms with Gasteiger partial charge < -0.3 is 54.8 Å². The zero-order valence-electron chi connectivity index (χ0n) is 30.5. The van der Waals surface area contributed by atoms with Crippen molar-refractivity contribution in [1.29, 1.82) is 0 Å². The summed E-state index contributed by atoms with van der Waals surface area (Å²) in [6.45, 7) is 1.10. The number of nitrogens with one attached hydrogen (secondary N) is 2. The molecule has 0 bridgehead atoms. The van der Waals surface area contributed by atoms with Crippen molar-refractivity contribution in [3.05, 3.63) is 33.1 Å². The number of phosphoric ester groups is 2. The SMILES string of the molecule is CCCCCCCCCCCC(O)CC(=O)O[C@H]1[C@H](O)[C@@H](CO)O[C@H](OP(=O)(O)OP(=O)(O)OC[C@H]2O[C@@H](n3ccc(=O)[nH]c3=O)[C@H](O)[C@@H]2O)[C@@H]1NC(C)=O. The number of amides is 1. The van der Waals surface area contributed by atoms with Gasteiger partial charge in [0.1, 0.15) is 36.6 Å². The van der Waals surface area contributed by atoms with E-state index in [1.807, 2.05) is 4.98 Å². The summed E-state index contributed by atoms with van der Waals surface area (Å²) >= 11 is 0. The highest BCUT2D eigenvalue weighted by Crippen LogP contribution is 2.61. The molecule has 1 aromatic heterocycles. The van der Waals surface area contributed by atoms with E-state index in [4.69, 9.17) is 18.7 Å². The smallest absolute Gasteiger partial charge is 0.457 e. The minimum atomic E-state index is -5.78. The van der Waals surface area contributed by atoms with Crippen molar-refractivity contribution < 1.29 is 81.6 Å². The molecule has 0 aromatic carbocycles. The van der Waals surface area contributed by atoms with Gasteiger partial charge in [-0.15, -0.1) is 0 Å².